The Morgan fingerprint density at radius 3 is 2.28 bits per heavy atom. The molecule has 1 heterocycles. The number of para-hydroxylation sites is 2. The third-order valence-electron chi connectivity index (χ3n) is 5.29. The van der Waals surface area contributed by atoms with Gasteiger partial charge in [-0.15, -0.1) is 0 Å². The number of carbonyl (C=O) groups is 1. The molecule has 4 rings (SSSR count). The minimum absolute atomic E-state index is 0.129. The van der Waals surface area contributed by atoms with Crippen molar-refractivity contribution in [1.82, 2.24) is 5.01 Å². The van der Waals surface area contributed by atoms with E-state index in [1.807, 2.05) is 31.2 Å². The summed E-state index contributed by atoms with van der Waals surface area (Å²) >= 11 is 0. The number of benzene rings is 3. The number of hydrogen-bond acceptors (Lipinski definition) is 6. The molecule has 0 saturated carbocycles. The third kappa shape index (κ3) is 3.83. The Hall–Kier alpha value is -4.40. The number of nitro groups is 2. The van der Waals surface area contributed by atoms with Gasteiger partial charge in [-0.2, -0.15) is 5.10 Å². The van der Waals surface area contributed by atoms with Gasteiger partial charge < -0.3 is 0 Å². The molecule has 9 nitrogen and oxygen atoms in total. The second kappa shape index (κ2) is 8.38. The Balaban J connectivity index is 1.84. The molecule has 160 valence electrons. The van der Waals surface area contributed by atoms with E-state index in [0.717, 1.165) is 16.1 Å². The molecule has 0 radical (unpaired) electrons. The molecule has 1 amide bonds. The largest absolute Gasteiger partial charge is 0.282 e. The Kier molecular flexibility index (Phi) is 5.46. The molecule has 0 aromatic heterocycles. The van der Waals surface area contributed by atoms with Crippen LogP contribution in [0, 0.1) is 27.2 Å². The molecule has 1 aliphatic heterocycles. The first kappa shape index (κ1) is 20.9. The maximum Gasteiger partial charge on any atom is 0.282 e. The van der Waals surface area contributed by atoms with Crippen LogP contribution in [-0.4, -0.2) is 26.5 Å². The molecule has 0 aliphatic carbocycles. The van der Waals surface area contributed by atoms with Crippen molar-refractivity contribution >= 4 is 23.0 Å². The van der Waals surface area contributed by atoms with E-state index in [4.69, 9.17) is 0 Å². The normalized spacial score (nSPS) is 15.3. The van der Waals surface area contributed by atoms with E-state index in [2.05, 4.69) is 5.10 Å². The van der Waals surface area contributed by atoms with Crippen molar-refractivity contribution in [3.8, 4) is 0 Å². The van der Waals surface area contributed by atoms with E-state index in [1.165, 1.54) is 30.3 Å². The predicted molar refractivity (Wildman–Crippen MR) is 117 cm³/mol. The third-order valence-corrected chi connectivity index (χ3v) is 5.29. The molecule has 1 atom stereocenters. The van der Waals surface area contributed by atoms with E-state index in [9.17, 15) is 25.0 Å². The molecule has 1 aliphatic rings. The minimum Gasteiger partial charge on any atom is -0.267 e. The van der Waals surface area contributed by atoms with E-state index >= 15 is 0 Å². The van der Waals surface area contributed by atoms with Crippen LogP contribution in [0.15, 0.2) is 77.9 Å². The van der Waals surface area contributed by atoms with Gasteiger partial charge in [-0.1, -0.05) is 54.1 Å². The monoisotopic (exact) mass is 430 g/mol. The molecule has 3 aromatic rings. The van der Waals surface area contributed by atoms with Gasteiger partial charge in [-0.3, -0.25) is 25.0 Å². The quantitative estimate of drug-likeness (QED) is 0.425. The standard InChI is InChI=1S/C23H18N4O5/c1-15-7-6-8-16(13-15)19-14-22(17-9-2-4-11-20(17)26(29)30)25(24-19)23(28)18-10-3-5-12-21(18)27(31)32/h2-13,22H,14H2,1H3/t22-/m0/s1. The summed E-state index contributed by atoms with van der Waals surface area (Å²) in [6.45, 7) is 1.93. The van der Waals surface area contributed by atoms with Crippen LogP contribution in [0.4, 0.5) is 11.4 Å². The van der Waals surface area contributed by atoms with Crippen LogP contribution in [0.3, 0.4) is 0 Å². The first-order chi connectivity index (χ1) is 15.4. The molecular weight excluding hydrogens is 412 g/mol. The second-order valence-corrected chi connectivity index (χ2v) is 7.38. The van der Waals surface area contributed by atoms with Gasteiger partial charge >= 0.3 is 0 Å². The second-order valence-electron chi connectivity index (χ2n) is 7.38. The van der Waals surface area contributed by atoms with Crippen LogP contribution < -0.4 is 0 Å². The van der Waals surface area contributed by atoms with Crippen LogP contribution in [0.2, 0.25) is 0 Å². The van der Waals surface area contributed by atoms with E-state index in [-0.39, 0.29) is 23.4 Å². The van der Waals surface area contributed by atoms with Gasteiger partial charge in [0, 0.05) is 18.6 Å². The summed E-state index contributed by atoms with van der Waals surface area (Å²) in [5.41, 5.74) is 2.05. The summed E-state index contributed by atoms with van der Waals surface area (Å²) < 4.78 is 0. The molecular formula is C23H18N4O5. The summed E-state index contributed by atoms with van der Waals surface area (Å²) in [6.07, 6.45) is 0.237. The summed E-state index contributed by atoms with van der Waals surface area (Å²) in [5, 5.41) is 28.7. The van der Waals surface area contributed by atoms with Crippen molar-refractivity contribution in [3.63, 3.8) is 0 Å². The molecule has 0 spiro atoms. The van der Waals surface area contributed by atoms with E-state index < -0.39 is 21.8 Å². The zero-order valence-corrected chi connectivity index (χ0v) is 17.0. The number of amides is 1. The van der Waals surface area contributed by atoms with Crippen LogP contribution in [-0.2, 0) is 0 Å². The smallest absolute Gasteiger partial charge is 0.267 e. The fraction of sp³-hybridized carbons (Fsp3) is 0.130. The van der Waals surface area contributed by atoms with Crippen molar-refractivity contribution in [1.29, 1.82) is 0 Å². The zero-order chi connectivity index (χ0) is 22.8. The average Bonchev–Trinajstić information content (AvgIpc) is 3.24. The van der Waals surface area contributed by atoms with Crippen molar-refractivity contribution in [2.45, 2.75) is 19.4 Å². The zero-order valence-electron chi connectivity index (χ0n) is 17.0. The maximum absolute atomic E-state index is 13.4. The Bertz CT molecular complexity index is 1270. The van der Waals surface area contributed by atoms with Crippen molar-refractivity contribution < 1.29 is 14.6 Å². The molecule has 0 N–H and O–H groups in total. The maximum atomic E-state index is 13.4. The van der Waals surface area contributed by atoms with Crippen LogP contribution in [0.25, 0.3) is 0 Å². The number of carbonyl (C=O) groups excluding carboxylic acids is 1. The number of nitro benzene ring substituents is 2. The molecule has 32 heavy (non-hydrogen) atoms. The van der Waals surface area contributed by atoms with Gasteiger partial charge in [0.2, 0.25) is 0 Å². The first-order valence-electron chi connectivity index (χ1n) is 9.81. The molecule has 3 aromatic carbocycles. The molecule has 0 unspecified atom stereocenters. The van der Waals surface area contributed by atoms with Gasteiger partial charge in [0.1, 0.15) is 5.56 Å². The summed E-state index contributed by atoms with van der Waals surface area (Å²) in [7, 11) is 0. The lowest BCUT2D eigenvalue weighted by molar-refractivity contribution is -0.385. The topological polar surface area (TPSA) is 119 Å². The summed E-state index contributed by atoms with van der Waals surface area (Å²) in [5.74, 6) is -0.692. The summed E-state index contributed by atoms with van der Waals surface area (Å²) in [6, 6.07) is 18.5. The van der Waals surface area contributed by atoms with Crippen LogP contribution >= 0.6 is 0 Å². The highest BCUT2D eigenvalue weighted by Crippen LogP contribution is 2.38. The minimum atomic E-state index is -0.778. The van der Waals surface area contributed by atoms with Gasteiger partial charge in [0.05, 0.1) is 27.2 Å². The van der Waals surface area contributed by atoms with E-state index in [0.29, 0.717) is 11.3 Å². The van der Waals surface area contributed by atoms with Crippen LogP contribution in [0.1, 0.15) is 39.5 Å². The fourth-order valence-electron chi connectivity index (χ4n) is 3.81. The number of nitrogens with zero attached hydrogens (tertiary/aromatic N) is 4. The predicted octanol–water partition coefficient (Wildman–Crippen LogP) is 4.80. The molecule has 0 fully saturated rings. The van der Waals surface area contributed by atoms with Gasteiger partial charge in [0.25, 0.3) is 17.3 Å². The number of hydrazone groups is 1. The highest BCUT2D eigenvalue weighted by molar-refractivity contribution is 6.06. The average molecular weight is 430 g/mol. The lowest BCUT2D eigenvalue weighted by Crippen LogP contribution is -2.28. The lowest BCUT2D eigenvalue weighted by Gasteiger charge is -2.21. The van der Waals surface area contributed by atoms with Gasteiger partial charge in [0.15, 0.2) is 0 Å². The Morgan fingerprint density at radius 2 is 1.59 bits per heavy atom. The molecule has 0 saturated heterocycles. The highest BCUT2D eigenvalue weighted by Gasteiger charge is 2.38. The molecule has 0 bridgehead atoms. The molecule has 9 heteroatoms. The van der Waals surface area contributed by atoms with E-state index in [1.54, 1.807) is 18.2 Å². The van der Waals surface area contributed by atoms with Crippen molar-refractivity contribution in [2.75, 3.05) is 0 Å². The first-order valence-corrected chi connectivity index (χ1v) is 9.81. The van der Waals surface area contributed by atoms with Gasteiger partial charge in [-0.05, 0) is 24.6 Å². The van der Waals surface area contributed by atoms with Crippen molar-refractivity contribution in [3.05, 3.63) is 115 Å². The number of hydrogen-bond donors (Lipinski definition) is 0. The van der Waals surface area contributed by atoms with Crippen molar-refractivity contribution in [2.24, 2.45) is 5.10 Å². The summed E-state index contributed by atoms with van der Waals surface area (Å²) in [4.78, 5) is 35.4. The van der Waals surface area contributed by atoms with Crippen LogP contribution in [0.5, 0.6) is 0 Å². The SMILES string of the molecule is Cc1cccc(C2=NN(C(=O)c3ccccc3[N+](=O)[O-])[C@H](c3ccccc3[N+](=O)[O-])C2)c1. The highest BCUT2D eigenvalue weighted by atomic mass is 16.6. The van der Waals surface area contributed by atoms with Gasteiger partial charge in [-0.25, -0.2) is 5.01 Å². The number of rotatable bonds is 5. The Labute approximate surface area is 182 Å². The Morgan fingerprint density at radius 1 is 0.938 bits per heavy atom. The number of aryl methyl sites for hydroxylation is 1. The fourth-order valence-corrected chi connectivity index (χ4v) is 3.81. The lowest BCUT2D eigenvalue weighted by atomic mass is 9.96.